The molecule has 1 amide bonds. The first-order valence-corrected chi connectivity index (χ1v) is 5.46. The molecule has 0 saturated carbocycles. The largest absolute Gasteiger partial charge is 0.481 e. The maximum absolute atomic E-state index is 11.6. The number of aliphatic hydroxyl groups excluding tert-OH is 1. The number of aliphatic carboxylic acids is 1. The Morgan fingerprint density at radius 1 is 1.06 bits per heavy atom. The molecule has 6 heteroatoms. The van der Waals surface area contributed by atoms with Gasteiger partial charge in [0.2, 0.25) is 5.91 Å². The zero-order valence-electron chi connectivity index (χ0n) is 9.26. The van der Waals surface area contributed by atoms with Gasteiger partial charge in [0.25, 0.3) is 0 Å². The van der Waals surface area contributed by atoms with Crippen LogP contribution in [0.2, 0.25) is 0 Å². The molecule has 92 valence electrons. The summed E-state index contributed by atoms with van der Waals surface area (Å²) in [5, 5.41) is 17.2. The van der Waals surface area contributed by atoms with Crippen LogP contribution in [0.3, 0.4) is 0 Å². The first kappa shape index (κ1) is 12.9. The van der Waals surface area contributed by atoms with Gasteiger partial charge in [-0.25, -0.2) is 0 Å². The van der Waals surface area contributed by atoms with Gasteiger partial charge in [0.1, 0.15) is 0 Å². The van der Waals surface area contributed by atoms with Crippen LogP contribution in [0.5, 0.6) is 0 Å². The van der Waals surface area contributed by atoms with E-state index in [4.69, 9.17) is 10.2 Å². The van der Waals surface area contributed by atoms with Crippen LogP contribution in [0.1, 0.15) is 12.8 Å². The number of carbonyl (C=O) groups is 2. The van der Waals surface area contributed by atoms with Gasteiger partial charge in [-0.2, -0.15) is 0 Å². The summed E-state index contributed by atoms with van der Waals surface area (Å²) in [5.41, 5.74) is 0. The van der Waals surface area contributed by atoms with E-state index in [1.165, 1.54) is 0 Å². The summed E-state index contributed by atoms with van der Waals surface area (Å²) in [5.74, 6) is -1.03. The van der Waals surface area contributed by atoms with Crippen molar-refractivity contribution in [3.63, 3.8) is 0 Å². The summed E-state index contributed by atoms with van der Waals surface area (Å²) in [7, 11) is 0. The van der Waals surface area contributed by atoms with E-state index in [2.05, 4.69) is 4.90 Å². The number of nitrogens with zero attached hydrogens (tertiary/aromatic N) is 2. The first-order valence-electron chi connectivity index (χ1n) is 5.46. The molecule has 0 bridgehead atoms. The van der Waals surface area contributed by atoms with Gasteiger partial charge in [0.05, 0.1) is 13.0 Å². The molecule has 0 radical (unpaired) electrons. The number of carbonyl (C=O) groups excluding carboxylic acids is 1. The number of carboxylic acids is 1. The van der Waals surface area contributed by atoms with Gasteiger partial charge in [-0.05, 0) is 0 Å². The average Bonchev–Trinajstić information content (AvgIpc) is 2.27. The number of piperazine rings is 1. The van der Waals surface area contributed by atoms with E-state index in [-0.39, 0.29) is 25.4 Å². The molecule has 0 aliphatic carbocycles. The molecule has 0 aromatic rings. The fourth-order valence-corrected chi connectivity index (χ4v) is 1.73. The van der Waals surface area contributed by atoms with Gasteiger partial charge in [0.15, 0.2) is 0 Å². The number of aliphatic hydroxyl groups is 1. The van der Waals surface area contributed by atoms with Crippen molar-refractivity contribution in [3.8, 4) is 0 Å². The van der Waals surface area contributed by atoms with Crippen molar-refractivity contribution >= 4 is 11.9 Å². The minimum Gasteiger partial charge on any atom is -0.481 e. The van der Waals surface area contributed by atoms with Gasteiger partial charge in [-0.3, -0.25) is 14.5 Å². The van der Waals surface area contributed by atoms with Crippen LogP contribution in [0.25, 0.3) is 0 Å². The van der Waals surface area contributed by atoms with Crippen molar-refractivity contribution in [1.82, 2.24) is 9.80 Å². The monoisotopic (exact) mass is 230 g/mol. The van der Waals surface area contributed by atoms with E-state index in [9.17, 15) is 9.59 Å². The van der Waals surface area contributed by atoms with Crippen molar-refractivity contribution in [3.05, 3.63) is 0 Å². The number of rotatable bonds is 5. The molecule has 1 fully saturated rings. The molecule has 1 aliphatic heterocycles. The third-order valence-corrected chi connectivity index (χ3v) is 2.69. The van der Waals surface area contributed by atoms with Crippen molar-refractivity contribution in [1.29, 1.82) is 0 Å². The zero-order valence-corrected chi connectivity index (χ0v) is 9.26. The van der Waals surface area contributed by atoms with Crippen LogP contribution in [0.15, 0.2) is 0 Å². The summed E-state index contributed by atoms with van der Waals surface area (Å²) in [4.78, 5) is 25.7. The highest BCUT2D eigenvalue weighted by molar-refractivity contribution is 5.80. The zero-order chi connectivity index (χ0) is 12.0. The molecule has 2 N–H and O–H groups in total. The molecule has 1 heterocycles. The second kappa shape index (κ2) is 6.44. The van der Waals surface area contributed by atoms with E-state index < -0.39 is 5.97 Å². The standard InChI is InChI=1S/C10H18N2O4/c13-8-7-11-3-5-12(6-4-11)9(14)1-2-10(15)16/h13H,1-8H2,(H,15,16). The van der Waals surface area contributed by atoms with Gasteiger partial charge < -0.3 is 15.1 Å². The lowest BCUT2D eigenvalue weighted by atomic mass is 10.2. The van der Waals surface area contributed by atoms with Crippen LogP contribution in [-0.4, -0.2) is 71.2 Å². The summed E-state index contributed by atoms with van der Waals surface area (Å²) < 4.78 is 0. The van der Waals surface area contributed by atoms with E-state index in [1.807, 2.05) is 0 Å². The predicted molar refractivity (Wildman–Crippen MR) is 57.0 cm³/mol. The first-order chi connectivity index (χ1) is 7.63. The van der Waals surface area contributed by atoms with E-state index in [0.717, 1.165) is 13.1 Å². The van der Waals surface area contributed by atoms with Crippen LogP contribution in [0, 0.1) is 0 Å². The third-order valence-electron chi connectivity index (χ3n) is 2.69. The van der Waals surface area contributed by atoms with Crippen LogP contribution in [-0.2, 0) is 9.59 Å². The Balaban J connectivity index is 2.24. The van der Waals surface area contributed by atoms with Gasteiger partial charge in [0, 0.05) is 39.1 Å². The fraction of sp³-hybridized carbons (Fsp3) is 0.800. The Morgan fingerprint density at radius 2 is 1.69 bits per heavy atom. The average molecular weight is 230 g/mol. The molecule has 16 heavy (non-hydrogen) atoms. The molecular weight excluding hydrogens is 212 g/mol. The summed E-state index contributed by atoms with van der Waals surface area (Å²) in [6, 6.07) is 0. The van der Waals surface area contributed by atoms with Crippen molar-refractivity contribution < 1.29 is 19.8 Å². The molecule has 1 aliphatic rings. The molecular formula is C10H18N2O4. The second-order valence-corrected chi connectivity index (χ2v) is 3.84. The van der Waals surface area contributed by atoms with Crippen molar-refractivity contribution in [2.24, 2.45) is 0 Å². The smallest absolute Gasteiger partial charge is 0.303 e. The Bertz CT molecular complexity index is 249. The number of hydrogen-bond donors (Lipinski definition) is 2. The lowest BCUT2D eigenvalue weighted by molar-refractivity contribution is -0.141. The highest BCUT2D eigenvalue weighted by atomic mass is 16.4. The molecule has 0 unspecified atom stereocenters. The lowest BCUT2D eigenvalue weighted by Crippen LogP contribution is -2.49. The Hall–Kier alpha value is -1.14. The van der Waals surface area contributed by atoms with E-state index in [0.29, 0.717) is 19.6 Å². The number of amides is 1. The van der Waals surface area contributed by atoms with Crippen molar-refractivity contribution in [2.45, 2.75) is 12.8 Å². The number of hydrogen-bond acceptors (Lipinski definition) is 4. The fourth-order valence-electron chi connectivity index (χ4n) is 1.73. The SMILES string of the molecule is O=C(O)CCC(=O)N1CCN(CCO)CC1. The molecule has 1 rings (SSSR count). The second-order valence-electron chi connectivity index (χ2n) is 3.84. The summed E-state index contributed by atoms with van der Waals surface area (Å²) in [6.07, 6.45) is -0.0228. The molecule has 1 saturated heterocycles. The number of β-amino-alcohol motifs (C(OH)–C–C–N with tert-alkyl or cyclic N) is 1. The Kier molecular flexibility index (Phi) is 5.21. The normalized spacial score (nSPS) is 17.4. The quantitative estimate of drug-likeness (QED) is 0.632. The third kappa shape index (κ3) is 4.16. The predicted octanol–water partition coefficient (Wildman–Crippen LogP) is -1.01. The Morgan fingerprint density at radius 3 is 2.19 bits per heavy atom. The van der Waals surface area contributed by atoms with Crippen LogP contribution in [0.4, 0.5) is 0 Å². The highest BCUT2D eigenvalue weighted by Gasteiger charge is 2.20. The maximum Gasteiger partial charge on any atom is 0.303 e. The Labute approximate surface area is 94.4 Å². The molecule has 6 nitrogen and oxygen atoms in total. The van der Waals surface area contributed by atoms with Gasteiger partial charge in [-0.15, -0.1) is 0 Å². The van der Waals surface area contributed by atoms with Gasteiger partial charge >= 0.3 is 5.97 Å². The minimum absolute atomic E-state index is 0.0787. The van der Waals surface area contributed by atoms with Crippen LogP contribution < -0.4 is 0 Å². The lowest BCUT2D eigenvalue weighted by Gasteiger charge is -2.34. The van der Waals surface area contributed by atoms with Gasteiger partial charge in [-0.1, -0.05) is 0 Å². The molecule has 0 aromatic heterocycles. The maximum atomic E-state index is 11.6. The highest BCUT2D eigenvalue weighted by Crippen LogP contribution is 2.04. The molecule has 0 atom stereocenters. The van der Waals surface area contributed by atoms with E-state index in [1.54, 1.807) is 4.90 Å². The minimum atomic E-state index is -0.938. The summed E-state index contributed by atoms with van der Waals surface area (Å²) >= 11 is 0. The van der Waals surface area contributed by atoms with E-state index >= 15 is 0 Å². The molecule has 0 spiro atoms. The van der Waals surface area contributed by atoms with Crippen molar-refractivity contribution in [2.75, 3.05) is 39.3 Å². The summed E-state index contributed by atoms with van der Waals surface area (Å²) in [6.45, 7) is 3.51. The number of carboxylic acid groups (broad SMARTS) is 1. The molecule has 0 aromatic carbocycles. The topological polar surface area (TPSA) is 81.1 Å². The van der Waals surface area contributed by atoms with Crippen LogP contribution >= 0.6 is 0 Å².